The second kappa shape index (κ2) is 8.08. The van der Waals surface area contributed by atoms with Crippen LogP contribution in [0.2, 0.25) is 0 Å². The number of hydrogen-bond acceptors (Lipinski definition) is 5. The number of nitrogens with zero attached hydrogens (tertiary/aromatic N) is 3. The summed E-state index contributed by atoms with van der Waals surface area (Å²) in [5.74, 6) is 1.12. The van der Waals surface area contributed by atoms with E-state index in [1.807, 2.05) is 0 Å². The highest BCUT2D eigenvalue weighted by molar-refractivity contribution is 5.88. The Balaban J connectivity index is 1.17. The number of amides is 1. The second-order valence-corrected chi connectivity index (χ2v) is 9.99. The standard InChI is InChI=1S/C24H34N4O3/c1-2-19-13-24(14-20(24)28(19)15-21(29)30)23(31)27-10-7-16(8-11-27)12-18-6-5-17-4-3-9-25-22(17)26-18/h5-6,16,19-20H,2-4,7-15H2,1H3,(H,25,26)(H,29,30)/t19-,20?,24+/m0/s1. The molecular formula is C24H34N4O3. The van der Waals surface area contributed by atoms with Crippen LogP contribution in [-0.2, 0) is 22.4 Å². The number of rotatable bonds is 6. The van der Waals surface area contributed by atoms with Gasteiger partial charge in [0.25, 0.3) is 0 Å². The van der Waals surface area contributed by atoms with Gasteiger partial charge in [-0.15, -0.1) is 0 Å². The van der Waals surface area contributed by atoms with Gasteiger partial charge in [0.2, 0.25) is 5.91 Å². The van der Waals surface area contributed by atoms with Crippen molar-refractivity contribution in [2.75, 3.05) is 31.5 Å². The lowest BCUT2D eigenvalue weighted by Crippen LogP contribution is -2.43. The van der Waals surface area contributed by atoms with Crippen LogP contribution in [0.4, 0.5) is 5.82 Å². The molecule has 0 radical (unpaired) electrons. The monoisotopic (exact) mass is 426 g/mol. The Morgan fingerprint density at radius 2 is 2.06 bits per heavy atom. The zero-order chi connectivity index (χ0) is 21.6. The number of carbonyl (C=O) groups excluding carboxylic acids is 1. The summed E-state index contributed by atoms with van der Waals surface area (Å²) in [6, 6.07) is 4.76. The fourth-order valence-corrected chi connectivity index (χ4v) is 6.26. The van der Waals surface area contributed by atoms with E-state index in [1.54, 1.807) is 0 Å². The summed E-state index contributed by atoms with van der Waals surface area (Å²) in [7, 11) is 0. The van der Waals surface area contributed by atoms with E-state index in [0.29, 0.717) is 5.92 Å². The predicted octanol–water partition coefficient (Wildman–Crippen LogP) is 2.55. The second-order valence-electron chi connectivity index (χ2n) is 9.99. The third-order valence-electron chi connectivity index (χ3n) is 8.07. The van der Waals surface area contributed by atoms with Crippen molar-refractivity contribution >= 4 is 17.7 Å². The molecular weight excluding hydrogens is 392 g/mol. The average molecular weight is 427 g/mol. The molecule has 168 valence electrons. The SMILES string of the molecule is CC[C@H]1C[C@@]2(C(=O)N3CCC(Cc4ccc5c(n4)NCCC5)CC3)CC2N1CC(=O)O. The van der Waals surface area contributed by atoms with E-state index in [0.717, 1.165) is 76.1 Å². The molecule has 1 aromatic rings. The maximum Gasteiger partial charge on any atom is 0.317 e. The van der Waals surface area contributed by atoms with Crippen molar-refractivity contribution in [1.29, 1.82) is 0 Å². The molecule has 2 N–H and O–H groups in total. The molecule has 0 spiro atoms. The van der Waals surface area contributed by atoms with E-state index in [-0.39, 0.29) is 30.0 Å². The maximum atomic E-state index is 13.4. The van der Waals surface area contributed by atoms with Crippen LogP contribution >= 0.6 is 0 Å². The summed E-state index contributed by atoms with van der Waals surface area (Å²) in [6.45, 7) is 4.80. The number of carboxylic acids is 1. The van der Waals surface area contributed by atoms with Gasteiger partial charge in [-0.05, 0) is 68.9 Å². The minimum absolute atomic E-state index is 0.0584. The average Bonchev–Trinajstić information content (AvgIpc) is 3.43. The molecule has 7 nitrogen and oxygen atoms in total. The minimum Gasteiger partial charge on any atom is -0.480 e. The van der Waals surface area contributed by atoms with Crippen LogP contribution in [0.5, 0.6) is 0 Å². The Morgan fingerprint density at radius 3 is 2.81 bits per heavy atom. The molecule has 1 amide bonds. The van der Waals surface area contributed by atoms with E-state index in [2.05, 4.69) is 34.2 Å². The van der Waals surface area contributed by atoms with Gasteiger partial charge in [-0.2, -0.15) is 0 Å². The third kappa shape index (κ3) is 3.81. The highest BCUT2D eigenvalue weighted by atomic mass is 16.4. The molecule has 1 saturated carbocycles. The van der Waals surface area contributed by atoms with Crippen LogP contribution in [0.3, 0.4) is 0 Å². The van der Waals surface area contributed by atoms with Gasteiger partial charge in [0.1, 0.15) is 5.82 Å². The Kier molecular flexibility index (Phi) is 5.40. The number of anilines is 1. The quantitative estimate of drug-likeness (QED) is 0.727. The molecule has 0 aromatic carbocycles. The molecule has 1 aliphatic carbocycles. The van der Waals surface area contributed by atoms with Gasteiger partial charge >= 0.3 is 5.97 Å². The highest BCUT2D eigenvalue weighted by Crippen LogP contribution is 2.61. The summed E-state index contributed by atoms with van der Waals surface area (Å²) in [5, 5.41) is 12.7. The van der Waals surface area contributed by atoms with Crippen LogP contribution in [0, 0.1) is 11.3 Å². The third-order valence-corrected chi connectivity index (χ3v) is 8.07. The number of hydrogen-bond donors (Lipinski definition) is 2. The molecule has 4 aliphatic rings. The van der Waals surface area contributed by atoms with E-state index < -0.39 is 5.97 Å². The first-order valence-corrected chi connectivity index (χ1v) is 12.0. The van der Waals surface area contributed by atoms with Crippen molar-refractivity contribution < 1.29 is 14.7 Å². The number of carbonyl (C=O) groups is 2. The summed E-state index contributed by atoms with van der Waals surface area (Å²) in [5.41, 5.74) is 2.17. The molecule has 7 heteroatoms. The van der Waals surface area contributed by atoms with Crippen molar-refractivity contribution in [2.24, 2.45) is 11.3 Å². The van der Waals surface area contributed by atoms with Crippen molar-refractivity contribution in [3.05, 3.63) is 23.4 Å². The fourth-order valence-electron chi connectivity index (χ4n) is 6.26. The lowest BCUT2D eigenvalue weighted by atomic mass is 9.89. The summed E-state index contributed by atoms with van der Waals surface area (Å²) in [6.07, 6.45) is 7.88. The number of carboxylic acid groups (broad SMARTS) is 1. The van der Waals surface area contributed by atoms with Crippen LogP contribution < -0.4 is 5.32 Å². The molecule has 31 heavy (non-hydrogen) atoms. The van der Waals surface area contributed by atoms with Gasteiger partial charge in [-0.25, -0.2) is 4.98 Å². The molecule has 5 rings (SSSR count). The van der Waals surface area contributed by atoms with Gasteiger partial charge in [-0.3, -0.25) is 14.5 Å². The van der Waals surface area contributed by atoms with Crippen LogP contribution in [-0.4, -0.2) is 70.0 Å². The van der Waals surface area contributed by atoms with Crippen molar-refractivity contribution in [3.63, 3.8) is 0 Å². The lowest BCUT2D eigenvalue weighted by Gasteiger charge is -2.34. The Labute approximate surface area is 184 Å². The zero-order valence-corrected chi connectivity index (χ0v) is 18.5. The zero-order valence-electron chi connectivity index (χ0n) is 18.5. The fraction of sp³-hybridized carbons (Fsp3) is 0.708. The Morgan fingerprint density at radius 1 is 1.26 bits per heavy atom. The van der Waals surface area contributed by atoms with Gasteiger partial charge < -0.3 is 15.3 Å². The van der Waals surface area contributed by atoms with Crippen LogP contribution in [0.25, 0.3) is 0 Å². The number of likely N-dealkylation sites (tertiary alicyclic amines) is 2. The molecule has 1 aromatic heterocycles. The van der Waals surface area contributed by atoms with E-state index in [1.165, 1.54) is 12.0 Å². The van der Waals surface area contributed by atoms with E-state index >= 15 is 0 Å². The molecule has 3 fully saturated rings. The summed E-state index contributed by atoms with van der Waals surface area (Å²) < 4.78 is 0. The Bertz CT molecular complexity index is 866. The predicted molar refractivity (Wildman–Crippen MR) is 118 cm³/mol. The lowest BCUT2D eigenvalue weighted by molar-refractivity contribution is -0.140. The van der Waals surface area contributed by atoms with Gasteiger partial charge in [0.05, 0.1) is 12.0 Å². The number of nitrogens with one attached hydrogen (secondary N) is 1. The van der Waals surface area contributed by atoms with Crippen LogP contribution in [0.1, 0.15) is 56.7 Å². The number of aromatic nitrogens is 1. The van der Waals surface area contributed by atoms with E-state index in [9.17, 15) is 14.7 Å². The number of pyridine rings is 1. The molecule has 1 unspecified atom stereocenters. The van der Waals surface area contributed by atoms with Gasteiger partial charge in [0, 0.05) is 37.4 Å². The molecule has 0 bridgehead atoms. The van der Waals surface area contributed by atoms with Crippen LogP contribution in [0.15, 0.2) is 12.1 Å². The maximum absolute atomic E-state index is 13.4. The minimum atomic E-state index is -0.791. The molecule has 3 atom stereocenters. The number of aliphatic carboxylic acids is 1. The topological polar surface area (TPSA) is 85.8 Å². The van der Waals surface area contributed by atoms with Gasteiger partial charge in [-0.1, -0.05) is 13.0 Å². The smallest absolute Gasteiger partial charge is 0.317 e. The molecule has 3 aliphatic heterocycles. The molecule has 2 saturated heterocycles. The summed E-state index contributed by atoms with van der Waals surface area (Å²) >= 11 is 0. The summed E-state index contributed by atoms with van der Waals surface area (Å²) in [4.78, 5) is 33.7. The number of fused-ring (bicyclic) bond motifs is 2. The van der Waals surface area contributed by atoms with E-state index in [4.69, 9.17) is 4.98 Å². The first kappa shape index (κ1) is 20.7. The van der Waals surface area contributed by atoms with Crippen molar-refractivity contribution in [1.82, 2.24) is 14.8 Å². The Hall–Kier alpha value is -2.15. The number of aryl methyl sites for hydroxylation is 1. The first-order valence-electron chi connectivity index (χ1n) is 12.0. The first-order chi connectivity index (χ1) is 15.0. The highest BCUT2D eigenvalue weighted by Gasteiger charge is 2.69. The molecule has 4 heterocycles. The number of piperidine rings is 2. The largest absolute Gasteiger partial charge is 0.480 e. The van der Waals surface area contributed by atoms with Crippen molar-refractivity contribution in [2.45, 2.75) is 70.4 Å². The normalized spacial score (nSPS) is 30.4. The van der Waals surface area contributed by atoms with Gasteiger partial charge in [0.15, 0.2) is 0 Å². The van der Waals surface area contributed by atoms with Crippen molar-refractivity contribution in [3.8, 4) is 0 Å².